The van der Waals surface area contributed by atoms with Crippen molar-refractivity contribution in [1.82, 2.24) is 0 Å². The Morgan fingerprint density at radius 2 is 2.15 bits per heavy atom. The molecule has 0 radical (unpaired) electrons. The summed E-state index contributed by atoms with van der Waals surface area (Å²) >= 11 is 5.59. The summed E-state index contributed by atoms with van der Waals surface area (Å²) in [7, 11) is 0. The molecule has 0 amide bonds. The van der Waals surface area contributed by atoms with Crippen LogP contribution in [0.15, 0.2) is 18.2 Å². The standard InChI is InChI=1S/C10H12ClFO/c1-3-10(2,13)7-4-5-9(12)8(11)6-7/h4-6,13H,3H2,1-2H3. The van der Waals surface area contributed by atoms with Crippen LogP contribution in [0.4, 0.5) is 4.39 Å². The molecule has 0 aliphatic heterocycles. The van der Waals surface area contributed by atoms with Crippen molar-refractivity contribution in [3.63, 3.8) is 0 Å². The fourth-order valence-corrected chi connectivity index (χ4v) is 1.22. The summed E-state index contributed by atoms with van der Waals surface area (Å²) in [6.45, 7) is 3.54. The zero-order valence-corrected chi connectivity index (χ0v) is 8.40. The van der Waals surface area contributed by atoms with Crippen molar-refractivity contribution in [2.75, 3.05) is 0 Å². The number of hydrogen-bond acceptors (Lipinski definition) is 1. The third kappa shape index (κ3) is 2.20. The summed E-state index contributed by atoms with van der Waals surface area (Å²) in [5, 5.41) is 9.88. The highest BCUT2D eigenvalue weighted by Crippen LogP contribution is 2.27. The van der Waals surface area contributed by atoms with Gasteiger partial charge in [-0.2, -0.15) is 0 Å². The van der Waals surface area contributed by atoms with Gasteiger partial charge in [0.05, 0.1) is 10.6 Å². The van der Waals surface area contributed by atoms with Crippen molar-refractivity contribution in [3.8, 4) is 0 Å². The summed E-state index contributed by atoms with van der Waals surface area (Å²) in [5.41, 5.74) is -0.293. The lowest BCUT2D eigenvalue weighted by Crippen LogP contribution is -2.19. The second kappa shape index (κ2) is 3.64. The third-order valence-corrected chi connectivity index (χ3v) is 2.52. The van der Waals surface area contributed by atoms with Crippen molar-refractivity contribution in [1.29, 1.82) is 0 Å². The van der Waals surface area contributed by atoms with E-state index in [2.05, 4.69) is 0 Å². The van der Waals surface area contributed by atoms with E-state index >= 15 is 0 Å². The summed E-state index contributed by atoms with van der Waals surface area (Å²) < 4.78 is 12.8. The number of benzene rings is 1. The molecule has 1 aromatic rings. The van der Waals surface area contributed by atoms with Gasteiger partial charge in [-0.25, -0.2) is 4.39 Å². The Kier molecular flexibility index (Phi) is 2.94. The van der Waals surface area contributed by atoms with Gasteiger partial charge in [0.1, 0.15) is 5.82 Å². The molecule has 0 spiro atoms. The smallest absolute Gasteiger partial charge is 0.141 e. The van der Waals surface area contributed by atoms with Gasteiger partial charge in [-0.05, 0) is 31.0 Å². The minimum atomic E-state index is -0.933. The van der Waals surface area contributed by atoms with Gasteiger partial charge < -0.3 is 5.11 Å². The van der Waals surface area contributed by atoms with Crippen molar-refractivity contribution in [3.05, 3.63) is 34.6 Å². The second-order valence-corrected chi connectivity index (χ2v) is 3.66. The molecule has 1 N–H and O–H groups in total. The first kappa shape index (κ1) is 10.5. The molecule has 0 heterocycles. The molecule has 1 rings (SSSR count). The molecule has 0 aliphatic carbocycles. The molecule has 1 atom stereocenters. The molecular formula is C10H12ClFO. The maximum atomic E-state index is 12.8. The quantitative estimate of drug-likeness (QED) is 0.782. The Balaban J connectivity index is 3.10. The zero-order chi connectivity index (χ0) is 10.1. The molecule has 0 saturated heterocycles. The van der Waals surface area contributed by atoms with Crippen molar-refractivity contribution in [2.45, 2.75) is 25.9 Å². The maximum Gasteiger partial charge on any atom is 0.141 e. The number of rotatable bonds is 2. The summed E-state index contributed by atoms with van der Waals surface area (Å²) in [6.07, 6.45) is 0.564. The Labute approximate surface area is 82.2 Å². The molecule has 0 aliphatic rings. The number of hydrogen-bond donors (Lipinski definition) is 1. The predicted molar refractivity (Wildman–Crippen MR) is 51.3 cm³/mol. The predicted octanol–water partition coefficient (Wildman–Crippen LogP) is 3.10. The Morgan fingerprint density at radius 3 is 2.62 bits per heavy atom. The second-order valence-electron chi connectivity index (χ2n) is 3.26. The van der Waals surface area contributed by atoms with Crippen molar-refractivity contribution >= 4 is 11.6 Å². The average molecular weight is 203 g/mol. The van der Waals surface area contributed by atoms with Gasteiger partial charge in [-0.3, -0.25) is 0 Å². The largest absolute Gasteiger partial charge is 0.385 e. The van der Waals surface area contributed by atoms with Crippen LogP contribution in [0.3, 0.4) is 0 Å². The number of halogens is 2. The molecule has 1 nitrogen and oxygen atoms in total. The van der Waals surface area contributed by atoms with Gasteiger partial charge in [0, 0.05) is 0 Å². The van der Waals surface area contributed by atoms with E-state index in [1.54, 1.807) is 13.0 Å². The van der Waals surface area contributed by atoms with E-state index in [1.807, 2.05) is 6.92 Å². The van der Waals surface area contributed by atoms with E-state index in [0.717, 1.165) is 0 Å². The van der Waals surface area contributed by atoms with Gasteiger partial charge in [-0.15, -0.1) is 0 Å². The van der Waals surface area contributed by atoms with Gasteiger partial charge in [0.25, 0.3) is 0 Å². The molecule has 1 unspecified atom stereocenters. The first-order chi connectivity index (χ1) is 5.97. The SMILES string of the molecule is CCC(C)(O)c1ccc(F)c(Cl)c1. The van der Waals surface area contributed by atoms with E-state index < -0.39 is 11.4 Å². The maximum absolute atomic E-state index is 12.8. The van der Waals surface area contributed by atoms with Gasteiger partial charge >= 0.3 is 0 Å². The highest BCUT2D eigenvalue weighted by Gasteiger charge is 2.21. The first-order valence-corrected chi connectivity index (χ1v) is 4.53. The van der Waals surface area contributed by atoms with Crippen LogP contribution in [0, 0.1) is 5.82 Å². The normalized spacial score (nSPS) is 15.5. The average Bonchev–Trinajstić information content (AvgIpc) is 2.09. The molecule has 72 valence electrons. The first-order valence-electron chi connectivity index (χ1n) is 4.15. The molecular weight excluding hydrogens is 191 g/mol. The van der Waals surface area contributed by atoms with Crippen LogP contribution in [0.2, 0.25) is 5.02 Å². The van der Waals surface area contributed by atoms with Crippen molar-refractivity contribution in [2.24, 2.45) is 0 Å². The van der Waals surface area contributed by atoms with E-state index in [4.69, 9.17) is 11.6 Å². The molecule has 0 saturated carbocycles. The van der Waals surface area contributed by atoms with E-state index in [-0.39, 0.29) is 5.02 Å². The Morgan fingerprint density at radius 1 is 1.54 bits per heavy atom. The van der Waals surface area contributed by atoms with Gasteiger partial charge in [0.15, 0.2) is 0 Å². The minimum Gasteiger partial charge on any atom is -0.385 e. The Hall–Kier alpha value is -0.600. The minimum absolute atomic E-state index is 0.0474. The summed E-state index contributed by atoms with van der Waals surface area (Å²) in [6, 6.07) is 4.27. The molecule has 0 bridgehead atoms. The lowest BCUT2D eigenvalue weighted by atomic mass is 9.93. The third-order valence-electron chi connectivity index (χ3n) is 2.23. The van der Waals surface area contributed by atoms with Crippen molar-refractivity contribution < 1.29 is 9.50 Å². The van der Waals surface area contributed by atoms with Crippen LogP contribution in [0.5, 0.6) is 0 Å². The lowest BCUT2D eigenvalue weighted by Gasteiger charge is -2.21. The molecule has 1 aromatic carbocycles. The molecule has 13 heavy (non-hydrogen) atoms. The topological polar surface area (TPSA) is 20.2 Å². The molecule has 0 aromatic heterocycles. The summed E-state index contributed by atoms with van der Waals surface area (Å²) in [5.74, 6) is -0.461. The van der Waals surface area contributed by atoms with E-state index in [1.165, 1.54) is 12.1 Å². The lowest BCUT2D eigenvalue weighted by molar-refractivity contribution is 0.0530. The number of aliphatic hydroxyl groups is 1. The van der Waals surface area contributed by atoms with Crippen LogP contribution in [-0.2, 0) is 5.60 Å². The van der Waals surface area contributed by atoms with E-state index in [9.17, 15) is 9.50 Å². The highest BCUT2D eigenvalue weighted by atomic mass is 35.5. The van der Waals surface area contributed by atoms with Crippen LogP contribution in [-0.4, -0.2) is 5.11 Å². The molecule has 3 heteroatoms. The monoisotopic (exact) mass is 202 g/mol. The van der Waals surface area contributed by atoms with Crippen LogP contribution < -0.4 is 0 Å². The van der Waals surface area contributed by atoms with Gasteiger partial charge in [0.2, 0.25) is 0 Å². The highest BCUT2D eigenvalue weighted by molar-refractivity contribution is 6.30. The molecule has 0 fully saturated rings. The fraction of sp³-hybridized carbons (Fsp3) is 0.400. The van der Waals surface area contributed by atoms with Crippen LogP contribution >= 0.6 is 11.6 Å². The van der Waals surface area contributed by atoms with E-state index in [0.29, 0.717) is 12.0 Å². The fourth-order valence-electron chi connectivity index (χ4n) is 1.04. The zero-order valence-electron chi connectivity index (χ0n) is 7.64. The van der Waals surface area contributed by atoms with Gasteiger partial charge in [-0.1, -0.05) is 24.6 Å². The summed E-state index contributed by atoms with van der Waals surface area (Å²) in [4.78, 5) is 0. The van der Waals surface area contributed by atoms with Crippen LogP contribution in [0.25, 0.3) is 0 Å². The van der Waals surface area contributed by atoms with Crippen LogP contribution in [0.1, 0.15) is 25.8 Å². The Bertz CT molecular complexity index is 310.